The van der Waals surface area contributed by atoms with Crippen LogP contribution >= 0.6 is 0 Å². The maximum Gasteiger partial charge on any atom is 0.311 e. The second kappa shape index (κ2) is 9.27. The summed E-state index contributed by atoms with van der Waals surface area (Å²) >= 11 is 0. The molecule has 2 atom stereocenters. The lowest BCUT2D eigenvalue weighted by Crippen LogP contribution is -2.46. The van der Waals surface area contributed by atoms with Gasteiger partial charge in [0.1, 0.15) is 6.04 Å². The lowest BCUT2D eigenvalue weighted by molar-refractivity contribution is -0.152. The summed E-state index contributed by atoms with van der Waals surface area (Å²) in [7, 11) is 0. The van der Waals surface area contributed by atoms with Gasteiger partial charge in [-0.15, -0.1) is 0 Å². The number of hydrogen-bond donors (Lipinski definition) is 2. The number of benzene rings is 1. The van der Waals surface area contributed by atoms with Gasteiger partial charge in [0.15, 0.2) is 0 Å². The summed E-state index contributed by atoms with van der Waals surface area (Å²) in [4.78, 5) is 29.5. The summed E-state index contributed by atoms with van der Waals surface area (Å²) in [5.74, 6) is -1.10. The van der Waals surface area contributed by atoms with E-state index in [4.69, 9.17) is 9.57 Å². The number of hydrogen-bond acceptors (Lipinski definition) is 5. The van der Waals surface area contributed by atoms with Gasteiger partial charge in [0.05, 0.1) is 19.1 Å². The maximum absolute atomic E-state index is 12.2. The molecule has 1 aliphatic rings. The molecule has 1 saturated heterocycles. The highest BCUT2D eigenvalue weighted by molar-refractivity contribution is 5.88. The normalized spacial score (nSPS) is 20.2. The Balaban J connectivity index is 1.77. The Morgan fingerprint density at radius 1 is 1.30 bits per heavy atom. The van der Waals surface area contributed by atoms with E-state index in [1.165, 1.54) is 0 Å². The van der Waals surface area contributed by atoms with E-state index >= 15 is 0 Å². The van der Waals surface area contributed by atoms with Crippen LogP contribution in [-0.2, 0) is 25.8 Å². The molecule has 23 heavy (non-hydrogen) atoms. The number of carbonyl (C=O) groups is 2. The van der Waals surface area contributed by atoms with Crippen LogP contribution in [0, 0.1) is 5.92 Å². The second-order valence-electron chi connectivity index (χ2n) is 5.59. The molecular formula is C17H24N2O4. The highest BCUT2D eigenvalue weighted by Gasteiger charge is 2.38. The summed E-state index contributed by atoms with van der Waals surface area (Å²) in [6.07, 6.45) is 2.40. The van der Waals surface area contributed by atoms with Gasteiger partial charge in [0.2, 0.25) is 0 Å². The van der Waals surface area contributed by atoms with E-state index in [2.05, 4.69) is 10.8 Å². The molecule has 0 saturated carbocycles. The zero-order chi connectivity index (χ0) is 16.5. The van der Waals surface area contributed by atoms with Crippen LogP contribution in [0.2, 0.25) is 0 Å². The molecule has 6 nitrogen and oxygen atoms in total. The van der Waals surface area contributed by atoms with Crippen LogP contribution in [0.25, 0.3) is 0 Å². The quantitative estimate of drug-likeness (QED) is 0.432. The molecule has 2 rings (SSSR count). The zero-order valence-electron chi connectivity index (χ0n) is 13.4. The topological polar surface area (TPSA) is 76.7 Å². The van der Waals surface area contributed by atoms with Crippen LogP contribution in [0.5, 0.6) is 0 Å². The van der Waals surface area contributed by atoms with Crippen LogP contribution in [0.4, 0.5) is 0 Å². The summed E-state index contributed by atoms with van der Waals surface area (Å²) < 4.78 is 5.22. The summed E-state index contributed by atoms with van der Waals surface area (Å²) in [6.45, 7) is 3.34. The minimum Gasteiger partial charge on any atom is -0.465 e. The third-order valence-electron chi connectivity index (χ3n) is 3.80. The molecular weight excluding hydrogens is 296 g/mol. The van der Waals surface area contributed by atoms with E-state index in [1.54, 1.807) is 0 Å². The molecule has 1 amide bonds. The molecule has 0 bridgehead atoms. The van der Waals surface area contributed by atoms with Gasteiger partial charge in [-0.05, 0) is 24.9 Å². The van der Waals surface area contributed by atoms with Gasteiger partial charge in [0, 0.05) is 0 Å². The Morgan fingerprint density at radius 2 is 2.09 bits per heavy atom. The van der Waals surface area contributed by atoms with Gasteiger partial charge in [-0.2, -0.15) is 0 Å². The molecule has 1 aromatic carbocycles. The average Bonchev–Trinajstić information content (AvgIpc) is 3.06. The smallest absolute Gasteiger partial charge is 0.311 e. The first-order valence-electron chi connectivity index (χ1n) is 8.08. The first-order chi connectivity index (χ1) is 11.2. The molecule has 1 aromatic rings. The van der Waals surface area contributed by atoms with Crippen molar-refractivity contribution in [3.63, 3.8) is 0 Å². The number of hydroxylamine groups is 1. The zero-order valence-corrected chi connectivity index (χ0v) is 13.4. The van der Waals surface area contributed by atoms with E-state index < -0.39 is 12.0 Å². The minimum absolute atomic E-state index is 0.283. The molecule has 0 radical (unpaired) electrons. The van der Waals surface area contributed by atoms with Crippen LogP contribution < -0.4 is 10.8 Å². The predicted molar refractivity (Wildman–Crippen MR) is 85.1 cm³/mol. The molecule has 0 spiro atoms. The van der Waals surface area contributed by atoms with Crippen molar-refractivity contribution in [1.29, 1.82) is 0 Å². The largest absolute Gasteiger partial charge is 0.465 e. The lowest BCUT2D eigenvalue weighted by atomic mass is 10.0. The fraction of sp³-hybridized carbons (Fsp3) is 0.529. The van der Waals surface area contributed by atoms with Gasteiger partial charge in [-0.1, -0.05) is 43.7 Å². The highest BCUT2D eigenvalue weighted by atomic mass is 16.7. The van der Waals surface area contributed by atoms with Crippen molar-refractivity contribution < 1.29 is 19.2 Å². The summed E-state index contributed by atoms with van der Waals surface area (Å²) in [6, 6.07) is 8.95. The third kappa shape index (κ3) is 5.33. The van der Waals surface area contributed by atoms with Crippen molar-refractivity contribution in [2.45, 2.75) is 38.8 Å². The van der Waals surface area contributed by atoms with Crippen LogP contribution in [0.1, 0.15) is 31.7 Å². The number of rotatable bonds is 8. The van der Waals surface area contributed by atoms with Crippen molar-refractivity contribution in [2.24, 2.45) is 5.92 Å². The van der Waals surface area contributed by atoms with Crippen LogP contribution in [-0.4, -0.2) is 31.1 Å². The Bertz CT molecular complexity index is 507. The molecule has 126 valence electrons. The maximum atomic E-state index is 12.2. The second-order valence-corrected chi connectivity index (χ2v) is 5.59. The van der Waals surface area contributed by atoms with Crippen molar-refractivity contribution >= 4 is 11.9 Å². The van der Waals surface area contributed by atoms with Crippen molar-refractivity contribution in [3.05, 3.63) is 35.9 Å². The highest BCUT2D eigenvalue weighted by Crippen LogP contribution is 2.18. The van der Waals surface area contributed by atoms with E-state index in [-0.39, 0.29) is 18.5 Å². The van der Waals surface area contributed by atoms with E-state index in [0.717, 1.165) is 18.4 Å². The van der Waals surface area contributed by atoms with E-state index in [9.17, 15) is 9.59 Å². The van der Waals surface area contributed by atoms with Crippen molar-refractivity contribution in [3.8, 4) is 0 Å². The molecule has 0 unspecified atom stereocenters. The first kappa shape index (κ1) is 17.4. The fourth-order valence-electron chi connectivity index (χ4n) is 2.49. The molecule has 0 aliphatic carbocycles. The number of ether oxygens (including phenoxy) is 1. The summed E-state index contributed by atoms with van der Waals surface area (Å²) in [5.41, 5.74) is 3.38. The molecule has 2 N–H and O–H groups in total. The van der Waals surface area contributed by atoms with E-state index in [1.807, 2.05) is 37.3 Å². The minimum atomic E-state index is -0.597. The molecule has 1 heterocycles. The Hall–Kier alpha value is -1.92. The number of unbranched alkanes of at least 4 members (excludes halogenated alkanes) is 1. The van der Waals surface area contributed by atoms with Crippen molar-refractivity contribution in [2.75, 3.05) is 13.2 Å². The van der Waals surface area contributed by atoms with Gasteiger partial charge in [0.25, 0.3) is 5.91 Å². The molecule has 0 aromatic heterocycles. The fourth-order valence-corrected chi connectivity index (χ4v) is 2.49. The summed E-state index contributed by atoms with van der Waals surface area (Å²) in [5, 5.41) is 3.03. The predicted octanol–water partition coefficient (Wildman–Crippen LogP) is 1.56. The van der Waals surface area contributed by atoms with Gasteiger partial charge in [-0.25, -0.2) is 5.48 Å². The standard InChI is InChI=1S/C17H24N2O4/c1-2-3-11-22-17(21)14-9-10-18-15(14)16(20)19-23-12-13-7-5-4-6-8-13/h4-8,14-15,18H,2-3,9-12H2,1H3,(H,19,20)/t14-,15-/m0/s1. The molecule has 1 aliphatic heterocycles. The van der Waals surface area contributed by atoms with Crippen LogP contribution in [0.3, 0.4) is 0 Å². The number of amides is 1. The van der Waals surface area contributed by atoms with Gasteiger partial charge >= 0.3 is 5.97 Å². The van der Waals surface area contributed by atoms with Crippen LogP contribution in [0.15, 0.2) is 30.3 Å². The Labute approximate surface area is 136 Å². The monoisotopic (exact) mass is 320 g/mol. The average molecular weight is 320 g/mol. The first-order valence-corrected chi connectivity index (χ1v) is 8.08. The molecule has 1 fully saturated rings. The van der Waals surface area contributed by atoms with E-state index in [0.29, 0.717) is 19.6 Å². The Morgan fingerprint density at radius 3 is 2.83 bits per heavy atom. The number of esters is 1. The molecule has 6 heteroatoms. The third-order valence-corrected chi connectivity index (χ3v) is 3.80. The van der Waals surface area contributed by atoms with Crippen molar-refractivity contribution in [1.82, 2.24) is 10.8 Å². The number of carbonyl (C=O) groups excluding carboxylic acids is 2. The lowest BCUT2D eigenvalue weighted by Gasteiger charge is -2.17. The SMILES string of the molecule is CCCCOC(=O)[C@H]1CCN[C@@H]1C(=O)NOCc1ccccc1. The number of nitrogens with one attached hydrogen (secondary N) is 2. The van der Waals surface area contributed by atoms with Gasteiger partial charge in [-0.3, -0.25) is 14.4 Å². The van der Waals surface area contributed by atoms with Gasteiger partial charge < -0.3 is 10.1 Å². The Kier molecular flexibility index (Phi) is 7.03.